The van der Waals surface area contributed by atoms with Gasteiger partial charge in [0.2, 0.25) is 23.6 Å². The maximum Gasteiger partial charge on any atom is 0.533 e. The number of nitrogens with one attached hydrogen (secondary N) is 4. The molecule has 18 rings (SSSR count). The molecule has 16 amide bonds. The van der Waals surface area contributed by atoms with Crippen LogP contribution >= 0.6 is 23.5 Å². The van der Waals surface area contributed by atoms with Gasteiger partial charge in [-0.3, -0.25) is 115 Å². The molecule has 10 aliphatic rings. The summed E-state index contributed by atoms with van der Waals surface area (Å²) in [4.78, 5) is 281. The Bertz CT molecular complexity index is 6700. The van der Waals surface area contributed by atoms with E-state index in [2.05, 4.69) is 21.3 Å². The van der Waals surface area contributed by atoms with Crippen molar-refractivity contribution < 1.29 is 169 Å². The molecule has 4 fully saturated rings. The van der Waals surface area contributed by atoms with E-state index in [0.717, 1.165) is 147 Å². The number of benzene rings is 8. The molecule has 0 aromatic heterocycles. The number of rotatable bonds is 28. The smallest absolute Gasteiger partial charge is 0.432 e. The average Bonchev–Trinajstić information content (AvgIpc) is 1.62. The van der Waals surface area contributed by atoms with Crippen molar-refractivity contribution in [2.75, 3.05) is 72.3 Å². The highest BCUT2D eigenvalue weighted by Gasteiger charge is 2.42. The first kappa shape index (κ1) is 110. The number of fused-ring (bicyclic) bond motifs is 12. The fourth-order valence-electron chi connectivity index (χ4n) is 17.1. The number of imide groups is 6. The molecule has 0 saturated carbocycles. The molecule has 4 atom stereocenters. The van der Waals surface area contributed by atoms with E-state index in [4.69, 9.17) is 63.6 Å². The minimum Gasteiger partial charge on any atom is -0.432 e. The minimum atomic E-state index is -3.11. The van der Waals surface area contributed by atoms with Gasteiger partial charge >= 0.3 is 45.8 Å². The van der Waals surface area contributed by atoms with E-state index >= 15 is 0 Å². The second-order valence-electron chi connectivity index (χ2n) is 33.3. The Hall–Kier alpha value is -17.7. The van der Waals surface area contributed by atoms with Gasteiger partial charge in [-0.05, 0) is 138 Å². The van der Waals surface area contributed by atoms with Crippen LogP contribution in [0.5, 0.6) is 0 Å². The van der Waals surface area contributed by atoms with E-state index in [-0.39, 0.29) is 174 Å². The van der Waals surface area contributed by atoms with Gasteiger partial charge < -0.3 is 40.2 Å². The Morgan fingerprint density at radius 3 is 0.680 bits per heavy atom. The lowest BCUT2D eigenvalue weighted by atomic mass is 9.97. The molecule has 4 saturated heterocycles. The van der Waals surface area contributed by atoms with Crippen molar-refractivity contribution in [2.24, 2.45) is 0 Å². The van der Waals surface area contributed by atoms with Crippen molar-refractivity contribution in [3.05, 3.63) is 239 Å². The molecular formula is C100H86N10O36S4. The summed E-state index contributed by atoms with van der Waals surface area (Å²) in [6.45, 7) is 2.45. The van der Waals surface area contributed by atoms with Crippen LogP contribution in [-0.2, 0) is 146 Å². The van der Waals surface area contributed by atoms with Crippen LogP contribution in [0, 0.1) is 0 Å². The first-order chi connectivity index (χ1) is 71.7. The summed E-state index contributed by atoms with van der Waals surface area (Å²) in [7, 11) is -6.22. The third-order valence-corrected chi connectivity index (χ3v) is 25.3. The number of hydroxylamine groups is 8. The van der Waals surface area contributed by atoms with E-state index in [1.165, 1.54) is 13.8 Å². The van der Waals surface area contributed by atoms with Gasteiger partial charge in [-0.25, -0.2) is 19.2 Å². The number of hydrogen-bond donors (Lipinski definition) is 4. The predicted molar refractivity (Wildman–Crippen MR) is 519 cm³/mol. The molecule has 4 unspecified atom stereocenters. The number of nitrogens with zero attached hydrogens (tertiary/aromatic N) is 6. The maximum absolute atomic E-state index is 12.5. The second-order valence-corrected chi connectivity index (χ2v) is 36.7. The number of hydrogen-bond acceptors (Lipinski definition) is 38. The topological polar surface area (TPSA) is 619 Å². The first-order valence-electron chi connectivity index (χ1n) is 45.6. The molecule has 0 radical (unpaired) electrons. The minimum absolute atomic E-state index is 0.00255. The Morgan fingerprint density at radius 1 is 0.280 bits per heavy atom. The Balaban J connectivity index is 0.000000163. The van der Waals surface area contributed by atoms with E-state index in [9.17, 15) is 105 Å². The van der Waals surface area contributed by atoms with Gasteiger partial charge in [-0.2, -0.15) is 0 Å². The van der Waals surface area contributed by atoms with Gasteiger partial charge in [0, 0.05) is 186 Å². The van der Waals surface area contributed by atoms with E-state index in [0.29, 0.717) is 54.5 Å². The average molecular weight is 2130 g/mol. The zero-order valence-electron chi connectivity index (χ0n) is 78.9. The fourth-order valence-corrected chi connectivity index (χ4v) is 18.3. The maximum atomic E-state index is 12.5. The van der Waals surface area contributed by atoms with Crippen molar-refractivity contribution in [2.45, 2.75) is 115 Å². The van der Waals surface area contributed by atoms with Crippen molar-refractivity contribution >= 4 is 197 Å². The molecule has 46 nitrogen and oxygen atoms in total. The summed E-state index contributed by atoms with van der Waals surface area (Å²) in [5, 5.41) is 12.9. The largest absolute Gasteiger partial charge is 0.533 e. The van der Waals surface area contributed by atoms with E-state index in [1.54, 1.807) is 36.4 Å². The van der Waals surface area contributed by atoms with Crippen LogP contribution in [0.1, 0.15) is 159 Å². The van der Waals surface area contributed by atoms with Crippen LogP contribution in [0.2, 0.25) is 0 Å². The molecule has 150 heavy (non-hydrogen) atoms. The van der Waals surface area contributed by atoms with Gasteiger partial charge in [0.1, 0.15) is 26.4 Å². The molecule has 4 aliphatic carbocycles. The summed E-state index contributed by atoms with van der Waals surface area (Å²) in [5.74, 6) is -8.33. The zero-order chi connectivity index (χ0) is 108. The van der Waals surface area contributed by atoms with E-state index < -0.39 is 117 Å². The number of thioether (sulfide) groups is 2. The van der Waals surface area contributed by atoms with Crippen LogP contribution in [-0.4, -0.2) is 236 Å². The lowest BCUT2D eigenvalue weighted by molar-refractivity contribution is -0.177. The molecule has 6 heterocycles. The fraction of sp³-hybridized carbons (Fsp3) is 0.260. The highest BCUT2D eigenvalue weighted by molar-refractivity contribution is 8.13. The summed E-state index contributed by atoms with van der Waals surface area (Å²) >= 11 is 2.19. The Kier molecular flexibility index (Phi) is 36.8. The highest BCUT2D eigenvalue weighted by Crippen LogP contribution is 2.51. The Morgan fingerprint density at radius 2 is 0.473 bits per heavy atom. The molecule has 8 aromatic carbocycles. The first-order valence-corrected chi connectivity index (χ1v) is 49.5. The van der Waals surface area contributed by atoms with Crippen molar-refractivity contribution in [1.29, 1.82) is 0 Å². The van der Waals surface area contributed by atoms with Crippen LogP contribution in [0.15, 0.2) is 194 Å². The normalized spacial score (nSPS) is 16.4. The van der Waals surface area contributed by atoms with Crippen molar-refractivity contribution in [3.8, 4) is 44.5 Å². The third kappa shape index (κ3) is 28.1. The van der Waals surface area contributed by atoms with Gasteiger partial charge in [-0.1, -0.05) is 165 Å². The van der Waals surface area contributed by atoms with Crippen molar-refractivity contribution in [3.63, 3.8) is 0 Å². The SMILES string of the molecule is CC(=O)SCCC(=O)Nc1ccc2c(c1)C(COC(=O)ON1C(=O)CCC1=O)c1ccccc1-2.CC(=O)SCCC(=O)Nc1ccc2c(c1)C(COC(=O)ON1C(=O)CCC1=O)c1ccccc1-2.O=C(CCN1C(=O)C=CC1=O)Nc1ccc2c(c1)C(COC(=O)ON1C(=O)CCC1=O)c1ccccc1-2.O=C(CCN1C(=O)C=CC1=O)Nc1ccc2c(c1)C(COC(=O)ON1C(=O)CCC1=O)c1ccccc1-2.O=S(=O)=O.O=S(=O)=O. The van der Waals surface area contributed by atoms with Crippen molar-refractivity contribution in [1.82, 2.24) is 30.1 Å². The van der Waals surface area contributed by atoms with Gasteiger partial charge in [0.05, 0.1) is 0 Å². The van der Waals surface area contributed by atoms with Gasteiger partial charge in [-0.15, -0.1) is 25.3 Å². The molecule has 0 bridgehead atoms. The summed E-state index contributed by atoms with van der Waals surface area (Å²) in [6.07, 6.45) is 0.219. The predicted octanol–water partition coefficient (Wildman–Crippen LogP) is 9.78. The highest BCUT2D eigenvalue weighted by atomic mass is 32.2. The quantitative estimate of drug-likeness (QED) is 0.0201. The van der Waals surface area contributed by atoms with Crippen LogP contribution in [0.4, 0.5) is 41.9 Å². The number of ether oxygens (including phenoxy) is 4. The number of carbonyl (C=O) groups excluding carboxylic acids is 22. The molecule has 50 heteroatoms. The van der Waals surface area contributed by atoms with E-state index in [1.807, 2.05) is 133 Å². The van der Waals surface area contributed by atoms with Gasteiger partial charge in [0.15, 0.2) is 10.2 Å². The molecule has 6 aliphatic heterocycles. The molecule has 0 spiro atoms. The lowest BCUT2D eigenvalue weighted by Crippen LogP contribution is -2.33. The lowest BCUT2D eigenvalue weighted by Gasteiger charge is -2.17. The van der Waals surface area contributed by atoms with Crippen LogP contribution in [0.25, 0.3) is 44.5 Å². The monoisotopic (exact) mass is 2130 g/mol. The second kappa shape index (κ2) is 50.4. The third-order valence-electron chi connectivity index (χ3n) is 23.7. The molecule has 4 N–H and O–H groups in total. The zero-order valence-corrected chi connectivity index (χ0v) is 82.2. The number of carbonyl (C=O) groups is 22. The number of anilines is 4. The Labute approximate surface area is 861 Å². The molecule has 776 valence electrons. The number of amides is 16. The molecule has 8 aromatic rings. The van der Waals surface area contributed by atoms with Gasteiger partial charge in [0.25, 0.3) is 70.9 Å². The summed E-state index contributed by atoms with van der Waals surface area (Å²) in [5.41, 5.74) is 16.8. The summed E-state index contributed by atoms with van der Waals surface area (Å²) in [6, 6.07) is 52.3. The summed E-state index contributed by atoms with van der Waals surface area (Å²) < 4.78 is 71.7. The van der Waals surface area contributed by atoms with Crippen LogP contribution in [0.3, 0.4) is 0 Å². The standard InChI is InChI=1S/2C26H21N3O8.2C24H22N2O7S.2O3S/c2*30-21(11-12-28-22(31)7-8-23(28)32)27-15-5-6-18-16-3-1-2-4-17(16)20(19(18)13-15)14-36-26(35)37-29-24(33)9-10-25(29)34;2*1-14(27)34-11-10-21(28)25-15-6-7-18-16-4-2-3-5-17(16)20(19(18)12-15)13-32-24(31)33-26-22(29)8-9-23(26)30;2*1-4(2)3/h2*1-8,13,20H,9-12,14H2,(H,27,30);2*2-7,12,20H,8-11,13H2,1H3,(H,25,28);;. The molecular weight excluding hydrogens is 2050 g/mol. The van der Waals surface area contributed by atoms with Crippen LogP contribution < -0.4 is 21.3 Å².